The predicted octanol–water partition coefficient (Wildman–Crippen LogP) is 2.60. The van der Waals surface area contributed by atoms with Crippen molar-refractivity contribution in [3.8, 4) is 0 Å². The molecule has 114 valence electrons. The van der Waals surface area contributed by atoms with Gasteiger partial charge in [-0.1, -0.05) is 0 Å². The molecule has 0 saturated carbocycles. The summed E-state index contributed by atoms with van der Waals surface area (Å²) in [5, 5.41) is 21.9. The normalized spacial score (nSPS) is 10.0. The molecule has 9 heteroatoms. The predicted molar refractivity (Wildman–Crippen MR) is 79.4 cm³/mol. The number of nitro benzene ring substituents is 1. The molecular weight excluding hydrogens is 346 g/mol. The third-order valence-electron chi connectivity index (χ3n) is 2.73. The van der Waals surface area contributed by atoms with Gasteiger partial charge >= 0.3 is 12.0 Å². The molecule has 1 aromatic carbocycles. The van der Waals surface area contributed by atoms with Crippen molar-refractivity contribution in [2.45, 2.75) is 13.3 Å². The van der Waals surface area contributed by atoms with E-state index in [0.717, 1.165) is 0 Å². The van der Waals surface area contributed by atoms with Gasteiger partial charge in [0.05, 0.1) is 17.0 Å². The lowest BCUT2D eigenvalue weighted by molar-refractivity contribution is -0.385. The van der Waals surface area contributed by atoms with Gasteiger partial charge in [0.1, 0.15) is 0 Å². The van der Waals surface area contributed by atoms with Crippen LogP contribution in [0.15, 0.2) is 16.6 Å². The number of carbonyl (C=O) groups is 2. The van der Waals surface area contributed by atoms with Crippen LogP contribution in [0, 0.1) is 17.0 Å². The number of nitro groups is 1. The van der Waals surface area contributed by atoms with Gasteiger partial charge in [0.25, 0.3) is 5.69 Å². The Bertz CT molecular complexity index is 591. The van der Waals surface area contributed by atoms with Crippen molar-refractivity contribution in [3.05, 3.63) is 32.3 Å². The van der Waals surface area contributed by atoms with E-state index in [1.165, 1.54) is 24.1 Å². The molecule has 21 heavy (non-hydrogen) atoms. The fourth-order valence-corrected chi connectivity index (χ4v) is 2.09. The van der Waals surface area contributed by atoms with Gasteiger partial charge in [-0.3, -0.25) is 14.9 Å². The van der Waals surface area contributed by atoms with E-state index < -0.39 is 16.9 Å². The SMILES string of the molecule is Cc1cc(Br)c(NC(=O)N(C)CCC(=O)O)cc1[N+](=O)[O-]. The number of rotatable bonds is 5. The molecule has 0 fully saturated rings. The molecule has 0 aliphatic heterocycles. The lowest BCUT2D eigenvalue weighted by Gasteiger charge is -2.17. The molecule has 0 saturated heterocycles. The quantitative estimate of drug-likeness (QED) is 0.619. The van der Waals surface area contributed by atoms with Crippen molar-refractivity contribution in [2.24, 2.45) is 0 Å². The third kappa shape index (κ3) is 4.71. The number of aryl methyl sites for hydroxylation is 1. The number of carboxylic acid groups (broad SMARTS) is 1. The number of halogens is 1. The maximum absolute atomic E-state index is 11.9. The van der Waals surface area contributed by atoms with Crippen LogP contribution in [0.5, 0.6) is 0 Å². The molecule has 1 aromatic rings. The van der Waals surface area contributed by atoms with Crippen LogP contribution in [-0.2, 0) is 4.79 Å². The van der Waals surface area contributed by atoms with Crippen LogP contribution < -0.4 is 5.32 Å². The minimum absolute atomic E-state index is 0.0345. The van der Waals surface area contributed by atoms with E-state index in [1.807, 2.05) is 0 Å². The number of nitrogens with zero attached hydrogens (tertiary/aromatic N) is 2. The number of carboxylic acids is 1. The fraction of sp³-hybridized carbons (Fsp3) is 0.333. The molecule has 0 spiro atoms. The van der Waals surface area contributed by atoms with Gasteiger partial charge in [0.15, 0.2) is 0 Å². The molecule has 0 aromatic heterocycles. The fourth-order valence-electron chi connectivity index (χ4n) is 1.53. The Morgan fingerprint density at radius 3 is 2.62 bits per heavy atom. The minimum atomic E-state index is -1.01. The van der Waals surface area contributed by atoms with Crippen molar-refractivity contribution in [3.63, 3.8) is 0 Å². The molecule has 0 radical (unpaired) electrons. The summed E-state index contributed by atoms with van der Waals surface area (Å²) in [4.78, 5) is 33.9. The van der Waals surface area contributed by atoms with Gasteiger partial charge in [0.2, 0.25) is 0 Å². The summed E-state index contributed by atoms with van der Waals surface area (Å²) in [6, 6.07) is 2.24. The number of hydrogen-bond donors (Lipinski definition) is 2. The van der Waals surface area contributed by atoms with E-state index in [-0.39, 0.29) is 24.3 Å². The van der Waals surface area contributed by atoms with Gasteiger partial charge in [-0.05, 0) is 28.9 Å². The standard InChI is InChI=1S/C12H14BrN3O5/c1-7-5-8(13)9(6-10(7)16(20)21)14-12(19)15(2)4-3-11(17)18/h5-6H,3-4H2,1-2H3,(H,14,19)(H,17,18). The Labute approximate surface area is 129 Å². The zero-order valence-corrected chi connectivity index (χ0v) is 13.0. The van der Waals surface area contributed by atoms with E-state index in [1.54, 1.807) is 6.92 Å². The van der Waals surface area contributed by atoms with Crippen LogP contribution in [0.2, 0.25) is 0 Å². The zero-order valence-electron chi connectivity index (χ0n) is 11.4. The smallest absolute Gasteiger partial charge is 0.321 e. The second-order valence-corrected chi connectivity index (χ2v) is 5.23. The molecule has 8 nitrogen and oxygen atoms in total. The maximum atomic E-state index is 11.9. The molecule has 0 unspecified atom stereocenters. The van der Waals surface area contributed by atoms with Crippen LogP contribution >= 0.6 is 15.9 Å². The van der Waals surface area contributed by atoms with Crippen LogP contribution in [0.1, 0.15) is 12.0 Å². The van der Waals surface area contributed by atoms with E-state index in [4.69, 9.17) is 5.11 Å². The Hall–Kier alpha value is -2.16. The van der Waals surface area contributed by atoms with Crippen LogP contribution in [0.25, 0.3) is 0 Å². The van der Waals surface area contributed by atoms with Crippen LogP contribution in [0.4, 0.5) is 16.2 Å². The first-order valence-corrected chi connectivity index (χ1v) is 6.70. The maximum Gasteiger partial charge on any atom is 0.321 e. The Morgan fingerprint density at radius 1 is 1.48 bits per heavy atom. The van der Waals surface area contributed by atoms with E-state index in [2.05, 4.69) is 21.2 Å². The highest BCUT2D eigenvalue weighted by Gasteiger charge is 2.17. The van der Waals surface area contributed by atoms with E-state index >= 15 is 0 Å². The van der Waals surface area contributed by atoms with Gasteiger partial charge < -0.3 is 15.3 Å². The van der Waals surface area contributed by atoms with Gasteiger partial charge in [0, 0.05) is 29.7 Å². The summed E-state index contributed by atoms with van der Waals surface area (Å²) in [6.07, 6.45) is -0.181. The van der Waals surface area contributed by atoms with Gasteiger partial charge in [-0.2, -0.15) is 0 Å². The van der Waals surface area contributed by atoms with Crippen LogP contribution in [-0.4, -0.2) is 40.5 Å². The molecule has 0 atom stereocenters. The van der Waals surface area contributed by atoms with E-state index in [0.29, 0.717) is 10.0 Å². The minimum Gasteiger partial charge on any atom is -0.481 e. The van der Waals surface area contributed by atoms with Crippen molar-refractivity contribution < 1.29 is 19.6 Å². The Kier molecular flexibility index (Phi) is 5.65. The average Bonchev–Trinajstić information content (AvgIpc) is 2.38. The number of hydrogen-bond acceptors (Lipinski definition) is 4. The molecule has 0 aliphatic rings. The monoisotopic (exact) mass is 359 g/mol. The number of urea groups is 1. The number of nitrogens with one attached hydrogen (secondary N) is 1. The Morgan fingerprint density at radius 2 is 2.10 bits per heavy atom. The molecule has 2 amide bonds. The topological polar surface area (TPSA) is 113 Å². The number of anilines is 1. The number of amides is 2. The highest BCUT2D eigenvalue weighted by Crippen LogP contribution is 2.30. The lowest BCUT2D eigenvalue weighted by Crippen LogP contribution is -2.33. The first-order valence-electron chi connectivity index (χ1n) is 5.90. The summed E-state index contributed by atoms with van der Waals surface area (Å²) in [6.45, 7) is 1.63. The summed E-state index contributed by atoms with van der Waals surface area (Å²) in [7, 11) is 1.44. The van der Waals surface area contributed by atoms with Crippen molar-refractivity contribution in [1.82, 2.24) is 4.90 Å². The van der Waals surface area contributed by atoms with E-state index in [9.17, 15) is 19.7 Å². The molecule has 0 aliphatic carbocycles. The molecule has 2 N–H and O–H groups in total. The summed E-state index contributed by atoms with van der Waals surface area (Å²) < 4.78 is 0.505. The van der Waals surface area contributed by atoms with Crippen LogP contribution in [0.3, 0.4) is 0 Å². The van der Waals surface area contributed by atoms with Gasteiger partial charge in [-0.25, -0.2) is 4.79 Å². The Balaban J connectivity index is 2.87. The largest absolute Gasteiger partial charge is 0.481 e. The molecule has 0 bridgehead atoms. The first kappa shape index (κ1) is 16.9. The molecule has 0 heterocycles. The highest BCUT2D eigenvalue weighted by molar-refractivity contribution is 9.10. The van der Waals surface area contributed by atoms with Crippen molar-refractivity contribution in [1.29, 1.82) is 0 Å². The number of aliphatic carboxylic acids is 1. The molecule has 1 rings (SSSR count). The second-order valence-electron chi connectivity index (χ2n) is 4.37. The second kappa shape index (κ2) is 7.02. The highest BCUT2D eigenvalue weighted by atomic mass is 79.9. The average molecular weight is 360 g/mol. The number of benzene rings is 1. The van der Waals surface area contributed by atoms with Gasteiger partial charge in [-0.15, -0.1) is 0 Å². The lowest BCUT2D eigenvalue weighted by atomic mass is 10.2. The van der Waals surface area contributed by atoms with Crippen molar-refractivity contribution >= 4 is 39.3 Å². The summed E-state index contributed by atoms with van der Waals surface area (Å²) >= 11 is 3.22. The number of carbonyl (C=O) groups excluding carboxylic acids is 1. The molecular formula is C12H14BrN3O5. The summed E-state index contributed by atoms with van der Waals surface area (Å²) in [5.74, 6) is -1.01. The zero-order chi connectivity index (χ0) is 16.2. The third-order valence-corrected chi connectivity index (χ3v) is 3.39. The summed E-state index contributed by atoms with van der Waals surface area (Å²) in [5.41, 5.74) is 0.602. The first-order chi connectivity index (χ1) is 9.72. The van der Waals surface area contributed by atoms with Crippen molar-refractivity contribution in [2.75, 3.05) is 18.9 Å².